The van der Waals surface area contributed by atoms with Crippen LogP contribution in [0.4, 0.5) is 5.69 Å². The van der Waals surface area contributed by atoms with E-state index in [1.54, 1.807) is 13.2 Å². The van der Waals surface area contributed by atoms with E-state index in [0.29, 0.717) is 29.7 Å². The van der Waals surface area contributed by atoms with Crippen molar-refractivity contribution >= 4 is 22.6 Å². The van der Waals surface area contributed by atoms with Crippen molar-refractivity contribution in [3.8, 4) is 5.75 Å². The Labute approximate surface area is 116 Å². The molecule has 0 fully saturated rings. The second kappa shape index (κ2) is 4.74. The molecule has 0 bridgehead atoms. The van der Waals surface area contributed by atoms with Gasteiger partial charge in [-0.3, -0.25) is 4.79 Å². The minimum atomic E-state index is -0.464. The van der Waals surface area contributed by atoms with Crippen LogP contribution in [0.15, 0.2) is 16.7 Å². The van der Waals surface area contributed by atoms with Crippen molar-refractivity contribution in [3.05, 3.63) is 23.5 Å². The fourth-order valence-corrected chi connectivity index (χ4v) is 2.77. The van der Waals surface area contributed by atoms with Gasteiger partial charge in [-0.05, 0) is 13.3 Å². The molecule has 1 unspecified atom stereocenters. The standard InChI is InChI=1S/C15H17NO4/c1-3-8-7-20-11-5-10-13(14(17)12(8)11)9(6-16-10)15(18)19-4-2/h5,7,9,16-17H,3-4,6H2,1-2H3. The summed E-state index contributed by atoms with van der Waals surface area (Å²) >= 11 is 0. The summed E-state index contributed by atoms with van der Waals surface area (Å²) in [5.41, 5.74) is 2.93. The number of furan rings is 1. The van der Waals surface area contributed by atoms with Crippen molar-refractivity contribution in [1.29, 1.82) is 0 Å². The fourth-order valence-electron chi connectivity index (χ4n) is 2.77. The predicted octanol–water partition coefficient (Wildman–Crippen LogP) is 2.77. The number of aryl methyl sites for hydroxylation is 1. The van der Waals surface area contributed by atoms with E-state index in [4.69, 9.17) is 9.15 Å². The highest BCUT2D eigenvalue weighted by Crippen LogP contribution is 2.45. The maximum Gasteiger partial charge on any atom is 0.315 e. The van der Waals surface area contributed by atoms with Gasteiger partial charge >= 0.3 is 5.97 Å². The van der Waals surface area contributed by atoms with Crippen molar-refractivity contribution in [1.82, 2.24) is 0 Å². The quantitative estimate of drug-likeness (QED) is 0.843. The number of phenolic OH excluding ortho intramolecular Hbond substituents is 1. The lowest BCUT2D eigenvalue weighted by atomic mass is 9.97. The van der Waals surface area contributed by atoms with Crippen LogP contribution in [0.1, 0.15) is 30.9 Å². The number of rotatable bonds is 3. The van der Waals surface area contributed by atoms with Crippen molar-refractivity contribution in [3.63, 3.8) is 0 Å². The van der Waals surface area contributed by atoms with Gasteiger partial charge in [0.05, 0.1) is 18.3 Å². The number of carbonyl (C=O) groups is 1. The summed E-state index contributed by atoms with van der Waals surface area (Å²) in [5, 5.41) is 14.4. The first-order valence-electron chi connectivity index (χ1n) is 6.83. The van der Waals surface area contributed by atoms with Crippen LogP contribution in [0.5, 0.6) is 5.75 Å². The van der Waals surface area contributed by atoms with Crippen LogP contribution >= 0.6 is 0 Å². The summed E-state index contributed by atoms with van der Waals surface area (Å²) in [6.07, 6.45) is 2.41. The van der Waals surface area contributed by atoms with Gasteiger partial charge < -0.3 is 19.6 Å². The van der Waals surface area contributed by atoms with Gasteiger partial charge in [0.15, 0.2) is 0 Å². The molecule has 0 saturated heterocycles. The molecule has 0 aliphatic carbocycles. The first-order valence-corrected chi connectivity index (χ1v) is 6.83. The molecule has 3 rings (SSSR count). The molecule has 0 saturated carbocycles. The molecule has 1 aliphatic rings. The van der Waals surface area contributed by atoms with Gasteiger partial charge in [-0.15, -0.1) is 0 Å². The lowest BCUT2D eigenvalue weighted by molar-refractivity contribution is -0.144. The number of anilines is 1. The first-order chi connectivity index (χ1) is 9.67. The summed E-state index contributed by atoms with van der Waals surface area (Å²) < 4.78 is 10.5. The van der Waals surface area contributed by atoms with E-state index in [0.717, 1.165) is 17.7 Å². The highest BCUT2D eigenvalue weighted by Gasteiger charge is 2.34. The topological polar surface area (TPSA) is 71.7 Å². The minimum absolute atomic E-state index is 0.131. The largest absolute Gasteiger partial charge is 0.507 e. The molecule has 0 amide bonds. The average molecular weight is 275 g/mol. The molecular weight excluding hydrogens is 258 g/mol. The monoisotopic (exact) mass is 275 g/mol. The molecule has 1 aromatic carbocycles. The summed E-state index contributed by atoms with van der Waals surface area (Å²) in [7, 11) is 0. The third-order valence-electron chi connectivity index (χ3n) is 3.75. The number of carbonyl (C=O) groups excluding carboxylic acids is 1. The van der Waals surface area contributed by atoms with Crippen molar-refractivity contribution in [2.45, 2.75) is 26.2 Å². The Hall–Kier alpha value is -2.17. The Morgan fingerprint density at radius 1 is 1.55 bits per heavy atom. The third-order valence-corrected chi connectivity index (χ3v) is 3.75. The molecule has 1 atom stereocenters. The minimum Gasteiger partial charge on any atom is -0.507 e. The number of hydrogen-bond acceptors (Lipinski definition) is 5. The highest BCUT2D eigenvalue weighted by molar-refractivity contribution is 5.97. The first kappa shape index (κ1) is 12.8. The molecule has 5 nitrogen and oxygen atoms in total. The molecule has 0 spiro atoms. The van der Waals surface area contributed by atoms with E-state index in [1.807, 2.05) is 13.0 Å². The normalized spacial score (nSPS) is 17.0. The second-order valence-corrected chi connectivity index (χ2v) is 4.86. The Morgan fingerprint density at radius 3 is 3.05 bits per heavy atom. The third kappa shape index (κ3) is 1.73. The molecule has 5 heteroatoms. The zero-order valence-corrected chi connectivity index (χ0v) is 11.5. The predicted molar refractivity (Wildman–Crippen MR) is 75.1 cm³/mol. The maximum atomic E-state index is 12.0. The Balaban J connectivity index is 2.16. The van der Waals surface area contributed by atoms with Crippen molar-refractivity contribution in [2.24, 2.45) is 0 Å². The van der Waals surface area contributed by atoms with Crippen LogP contribution in [0, 0.1) is 0 Å². The number of ether oxygens (including phenoxy) is 1. The Morgan fingerprint density at radius 2 is 2.35 bits per heavy atom. The number of fused-ring (bicyclic) bond motifs is 2. The number of nitrogens with one attached hydrogen (secondary N) is 1. The molecule has 0 radical (unpaired) electrons. The highest BCUT2D eigenvalue weighted by atomic mass is 16.5. The fraction of sp³-hybridized carbons (Fsp3) is 0.400. The van der Waals surface area contributed by atoms with Gasteiger partial charge in [0, 0.05) is 29.4 Å². The molecule has 106 valence electrons. The molecule has 2 heterocycles. The number of phenols is 1. The maximum absolute atomic E-state index is 12.0. The van der Waals surface area contributed by atoms with Gasteiger partial charge in [-0.25, -0.2) is 0 Å². The number of benzene rings is 1. The van der Waals surface area contributed by atoms with E-state index >= 15 is 0 Å². The summed E-state index contributed by atoms with van der Waals surface area (Å²) in [6, 6.07) is 1.84. The van der Waals surface area contributed by atoms with Gasteiger partial charge in [-0.2, -0.15) is 0 Å². The Kier molecular flexibility index (Phi) is 3.04. The van der Waals surface area contributed by atoms with Gasteiger partial charge in [0.25, 0.3) is 0 Å². The number of hydrogen-bond donors (Lipinski definition) is 2. The Bertz CT molecular complexity index is 674. The zero-order valence-electron chi connectivity index (χ0n) is 11.5. The van der Waals surface area contributed by atoms with Crippen LogP contribution in [0.2, 0.25) is 0 Å². The second-order valence-electron chi connectivity index (χ2n) is 4.86. The van der Waals surface area contributed by atoms with E-state index < -0.39 is 5.92 Å². The van der Waals surface area contributed by atoms with Crippen LogP contribution in [0.3, 0.4) is 0 Å². The average Bonchev–Trinajstić information content (AvgIpc) is 3.03. The zero-order chi connectivity index (χ0) is 14.3. The van der Waals surface area contributed by atoms with Crippen LogP contribution < -0.4 is 5.32 Å². The number of esters is 1. The molecule has 20 heavy (non-hydrogen) atoms. The SMILES string of the molecule is CCOC(=O)C1CNc2cc3occ(CC)c3c(O)c21. The number of aromatic hydroxyl groups is 1. The summed E-state index contributed by atoms with van der Waals surface area (Å²) in [6.45, 7) is 4.54. The van der Waals surface area contributed by atoms with Gasteiger partial charge in [0.2, 0.25) is 0 Å². The smallest absolute Gasteiger partial charge is 0.315 e. The molecule has 1 aromatic heterocycles. The van der Waals surface area contributed by atoms with E-state index in [-0.39, 0.29) is 11.7 Å². The van der Waals surface area contributed by atoms with E-state index in [9.17, 15) is 9.90 Å². The lowest BCUT2D eigenvalue weighted by Crippen LogP contribution is -2.17. The van der Waals surface area contributed by atoms with Crippen molar-refractivity contribution < 1.29 is 19.1 Å². The lowest BCUT2D eigenvalue weighted by Gasteiger charge is -2.11. The van der Waals surface area contributed by atoms with E-state index in [2.05, 4.69) is 5.32 Å². The molecular formula is C15H17NO4. The molecule has 2 aromatic rings. The van der Waals surface area contributed by atoms with Crippen molar-refractivity contribution in [2.75, 3.05) is 18.5 Å². The van der Waals surface area contributed by atoms with E-state index in [1.165, 1.54) is 0 Å². The van der Waals surface area contributed by atoms with Gasteiger partial charge in [0.1, 0.15) is 17.3 Å². The summed E-state index contributed by atoms with van der Waals surface area (Å²) in [4.78, 5) is 12.0. The molecule has 2 N–H and O–H groups in total. The van der Waals surface area contributed by atoms with Crippen LogP contribution in [0.25, 0.3) is 11.0 Å². The van der Waals surface area contributed by atoms with Gasteiger partial charge in [-0.1, -0.05) is 6.92 Å². The summed E-state index contributed by atoms with van der Waals surface area (Å²) in [5.74, 6) is -0.643. The van der Waals surface area contributed by atoms with Crippen LogP contribution in [-0.4, -0.2) is 24.2 Å². The molecule has 1 aliphatic heterocycles. The van der Waals surface area contributed by atoms with Crippen LogP contribution in [-0.2, 0) is 16.0 Å².